The van der Waals surface area contributed by atoms with Gasteiger partial charge in [-0.1, -0.05) is 47.8 Å². The molecular formula is C22H24ClF3N4O2S. The first-order valence-electron chi connectivity index (χ1n) is 10.5. The maximum Gasteiger partial charge on any atom is 0.435 e. The number of benzene rings is 1. The lowest BCUT2D eigenvalue weighted by Gasteiger charge is -2.31. The minimum Gasteiger partial charge on any atom is -0.467 e. The molecule has 1 fully saturated rings. The number of para-hydroxylation sites is 1. The number of hydrogen-bond acceptors (Lipinski definition) is 5. The van der Waals surface area contributed by atoms with Crippen LogP contribution >= 0.6 is 23.5 Å². The normalized spacial score (nSPS) is 22.6. The van der Waals surface area contributed by atoms with Crippen molar-refractivity contribution >= 4 is 29.5 Å². The largest absolute Gasteiger partial charge is 0.467 e. The summed E-state index contributed by atoms with van der Waals surface area (Å²) in [6, 6.07) is 7.14. The van der Waals surface area contributed by atoms with Crippen LogP contribution in [0.5, 0.6) is 5.88 Å². The average molecular weight is 501 g/mol. The smallest absolute Gasteiger partial charge is 0.435 e. The molecule has 1 aromatic heterocycles. The zero-order chi connectivity index (χ0) is 23.8. The van der Waals surface area contributed by atoms with Gasteiger partial charge in [0.2, 0.25) is 5.88 Å². The highest BCUT2D eigenvalue weighted by Crippen LogP contribution is 2.37. The van der Waals surface area contributed by atoms with Crippen molar-refractivity contribution < 1.29 is 22.7 Å². The second-order valence-corrected chi connectivity index (χ2v) is 10.2. The Morgan fingerprint density at radius 1 is 1.30 bits per heavy atom. The number of hydrogen-bond donors (Lipinski definition) is 0. The zero-order valence-corrected chi connectivity index (χ0v) is 19.7. The van der Waals surface area contributed by atoms with E-state index in [4.69, 9.17) is 16.3 Å². The van der Waals surface area contributed by atoms with E-state index in [2.05, 4.69) is 21.6 Å². The second-order valence-electron chi connectivity index (χ2n) is 8.22. The van der Waals surface area contributed by atoms with Crippen LogP contribution in [-0.4, -0.2) is 63.4 Å². The van der Waals surface area contributed by atoms with Crippen LogP contribution in [0.3, 0.4) is 0 Å². The van der Waals surface area contributed by atoms with Crippen LogP contribution in [0.4, 0.5) is 13.2 Å². The molecule has 0 radical (unpaired) electrons. The van der Waals surface area contributed by atoms with Crippen LogP contribution in [-0.2, 0) is 11.0 Å². The van der Waals surface area contributed by atoms with Crippen molar-refractivity contribution in [2.24, 2.45) is 5.92 Å². The first kappa shape index (κ1) is 24.0. The Morgan fingerprint density at radius 2 is 2.06 bits per heavy atom. The summed E-state index contributed by atoms with van der Waals surface area (Å²) in [5, 5.41) is 4.21. The summed E-state index contributed by atoms with van der Waals surface area (Å²) in [5.41, 5.74) is -0.885. The molecule has 2 aliphatic rings. The van der Waals surface area contributed by atoms with Gasteiger partial charge in [-0.15, -0.1) is 0 Å². The number of nitrogens with zero attached hydrogens (tertiary/aromatic N) is 4. The number of rotatable bonds is 6. The van der Waals surface area contributed by atoms with Gasteiger partial charge in [-0.25, -0.2) is 0 Å². The van der Waals surface area contributed by atoms with Gasteiger partial charge in [0.15, 0.2) is 12.3 Å². The van der Waals surface area contributed by atoms with Gasteiger partial charge in [0.05, 0.1) is 16.8 Å². The highest BCUT2D eigenvalue weighted by atomic mass is 35.5. The molecule has 178 valence electrons. The van der Waals surface area contributed by atoms with E-state index in [-0.39, 0.29) is 35.1 Å². The molecule has 6 nitrogen and oxygen atoms in total. The fourth-order valence-electron chi connectivity index (χ4n) is 4.27. The molecule has 1 amide bonds. The highest BCUT2D eigenvalue weighted by Gasteiger charge is 2.39. The van der Waals surface area contributed by atoms with Crippen LogP contribution in [0.2, 0.25) is 5.02 Å². The summed E-state index contributed by atoms with van der Waals surface area (Å²) in [5.74, 6) is -0.102. The minimum absolute atomic E-state index is 0.0145. The molecule has 33 heavy (non-hydrogen) atoms. The fourth-order valence-corrected chi connectivity index (χ4v) is 5.52. The van der Waals surface area contributed by atoms with E-state index in [1.165, 1.54) is 6.07 Å². The molecule has 0 spiro atoms. The monoisotopic (exact) mass is 500 g/mol. The van der Waals surface area contributed by atoms with Crippen molar-refractivity contribution in [3.8, 4) is 11.6 Å². The van der Waals surface area contributed by atoms with Gasteiger partial charge in [-0.3, -0.25) is 9.10 Å². The molecular weight excluding hydrogens is 477 g/mol. The van der Waals surface area contributed by atoms with Gasteiger partial charge in [-0.05, 0) is 45.0 Å². The fraction of sp³-hybridized carbons (Fsp3) is 0.455. The number of halogens is 4. The topological polar surface area (TPSA) is 50.6 Å². The lowest BCUT2D eigenvalue weighted by Crippen LogP contribution is -2.41. The number of alkyl halides is 3. The SMILES string of the molecule is CN(C)SC1C=CC2C(CCN2C(=O)COc2cc(C(F)(F)F)nn2-c2ccccc2Cl)C1. The van der Waals surface area contributed by atoms with Crippen molar-refractivity contribution in [3.63, 3.8) is 0 Å². The summed E-state index contributed by atoms with van der Waals surface area (Å²) in [4.78, 5) is 14.7. The Balaban J connectivity index is 1.49. The number of amides is 1. The summed E-state index contributed by atoms with van der Waals surface area (Å²) in [7, 11) is 4.01. The third kappa shape index (κ3) is 5.33. The third-order valence-corrected chi connectivity index (χ3v) is 7.06. The number of carbonyl (C=O) groups is 1. The van der Waals surface area contributed by atoms with Gasteiger partial charge in [0, 0.05) is 17.9 Å². The Morgan fingerprint density at radius 3 is 2.76 bits per heavy atom. The number of aromatic nitrogens is 2. The van der Waals surface area contributed by atoms with Crippen LogP contribution in [0.15, 0.2) is 42.5 Å². The molecule has 4 rings (SSSR count). The number of carbonyl (C=O) groups excluding carboxylic acids is 1. The lowest BCUT2D eigenvalue weighted by molar-refractivity contribution is -0.141. The Hall–Kier alpha value is -2.17. The van der Waals surface area contributed by atoms with Crippen LogP contribution < -0.4 is 4.74 Å². The third-order valence-electron chi connectivity index (χ3n) is 5.70. The van der Waals surface area contributed by atoms with Gasteiger partial charge in [-0.2, -0.15) is 23.0 Å². The molecule has 0 N–H and O–H groups in total. The van der Waals surface area contributed by atoms with Crippen molar-refractivity contribution in [2.75, 3.05) is 27.2 Å². The number of likely N-dealkylation sites (tertiary alicyclic amines) is 1. The molecule has 0 saturated carbocycles. The molecule has 1 aliphatic heterocycles. The molecule has 1 saturated heterocycles. The molecule has 1 aromatic carbocycles. The standard InChI is InChI=1S/C22H24ClF3N4O2S/c1-28(2)33-15-7-8-17-14(11-15)9-10-29(17)20(31)13-32-21-12-19(22(24,25)26)27-30(21)18-6-4-3-5-16(18)23/h3-8,12,14-15,17H,9-11,13H2,1-2H3. The van der Waals surface area contributed by atoms with Gasteiger partial charge in [0.1, 0.15) is 0 Å². The Bertz CT molecular complexity index is 1040. The predicted octanol–water partition coefficient (Wildman–Crippen LogP) is 4.68. The van der Waals surface area contributed by atoms with Crippen LogP contribution in [0.1, 0.15) is 18.5 Å². The summed E-state index contributed by atoms with van der Waals surface area (Å²) < 4.78 is 48.5. The maximum absolute atomic E-state index is 13.3. The van der Waals surface area contributed by atoms with Gasteiger partial charge in [0.25, 0.3) is 5.91 Å². The van der Waals surface area contributed by atoms with E-state index in [9.17, 15) is 18.0 Å². The minimum atomic E-state index is -4.66. The van der Waals surface area contributed by atoms with Crippen molar-refractivity contribution in [2.45, 2.75) is 30.3 Å². The molecule has 3 atom stereocenters. The number of ether oxygens (including phenoxy) is 1. The van der Waals surface area contributed by atoms with Gasteiger partial charge < -0.3 is 9.64 Å². The van der Waals surface area contributed by atoms with Crippen LogP contribution in [0.25, 0.3) is 5.69 Å². The number of fused-ring (bicyclic) bond motifs is 1. The van der Waals surface area contributed by atoms with Gasteiger partial charge >= 0.3 is 6.18 Å². The zero-order valence-electron chi connectivity index (χ0n) is 18.1. The van der Waals surface area contributed by atoms with E-state index in [0.29, 0.717) is 17.7 Å². The van der Waals surface area contributed by atoms with Crippen LogP contribution in [0, 0.1) is 5.92 Å². The highest BCUT2D eigenvalue weighted by molar-refractivity contribution is 7.97. The second kappa shape index (κ2) is 9.60. The Labute approximate surface area is 199 Å². The maximum atomic E-state index is 13.3. The summed E-state index contributed by atoms with van der Waals surface area (Å²) >= 11 is 7.91. The van der Waals surface area contributed by atoms with E-state index < -0.39 is 11.9 Å². The van der Waals surface area contributed by atoms with Crippen molar-refractivity contribution in [1.82, 2.24) is 19.0 Å². The van der Waals surface area contributed by atoms with Crippen molar-refractivity contribution in [1.29, 1.82) is 0 Å². The molecule has 2 heterocycles. The quantitative estimate of drug-likeness (QED) is 0.426. The molecule has 11 heteroatoms. The van der Waals surface area contributed by atoms with E-state index >= 15 is 0 Å². The first-order chi connectivity index (χ1) is 15.6. The van der Waals surface area contributed by atoms with E-state index in [0.717, 1.165) is 23.6 Å². The lowest BCUT2D eigenvalue weighted by atomic mass is 9.90. The van der Waals surface area contributed by atoms with E-state index in [1.807, 2.05) is 14.1 Å². The summed E-state index contributed by atoms with van der Waals surface area (Å²) in [6.45, 7) is 0.208. The first-order valence-corrected chi connectivity index (χ1v) is 11.7. The predicted molar refractivity (Wildman–Crippen MR) is 122 cm³/mol. The summed E-state index contributed by atoms with van der Waals surface area (Å²) in [6.07, 6.45) is 1.39. The molecule has 0 bridgehead atoms. The average Bonchev–Trinajstić information content (AvgIpc) is 3.36. The Kier molecular flexibility index (Phi) is 6.97. The molecule has 1 aliphatic carbocycles. The van der Waals surface area contributed by atoms with Crippen molar-refractivity contribution in [3.05, 3.63) is 53.2 Å². The molecule has 3 unspecified atom stereocenters. The van der Waals surface area contributed by atoms with E-state index in [1.54, 1.807) is 35.0 Å². The molecule has 2 aromatic rings.